The minimum absolute atomic E-state index is 0.0416. The number of halogens is 1. The number of benzene rings is 1. The Kier molecular flexibility index (Phi) is 4.41. The minimum Gasteiger partial charge on any atom is -0.384 e. The van der Waals surface area contributed by atoms with Gasteiger partial charge in [-0.15, -0.1) is 0 Å². The van der Waals surface area contributed by atoms with E-state index in [1.165, 1.54) is 18.3 Å². The van der Waals surface area contributed by atoms with Gasteiger partial charge in [-0.2, -0.15) is 0 Å². The van der Waals surface area contributed by atoms with E-state index in [4.69, 9.17) is 5.73 Å². The molecule has 0 saturated carbocycles. The summed E-state index contributed by atoms with van der Waals surface area (Å²) in [5.41, 5.74) is 6.74. The molecular formula is C17H17FN4O2. The lowest BCUT2D eigenvalue weighted by atomic mass is 10.2. The van der Waals surface area contributed by atoms with E-state index in [-0.39, 0.29) is 30.1 Å². The largest absolute Gasteiger partial charge is 0.384 e. The summed E-state index contributed by atoms with van der Waals surface area (Å²) in [5.74, 6) is -0.300. The Labute approximate surface area is 138 Å². The normalized spacial score (nSPS) is 17.1. The number of nitrogen functional groups attached to an aromatic ring is 1. The summed E-state index contributed by atoms with van der Waals surface area (Å²) < 4.78 is 12.9. The highest BCUT2D eigenvalue weighted by Gasteiger charge is 2.30. The molecule has 0 aliphatic carbocycles. The quantitative estimate of drug-likeness (QED) is 0.886. The van der Waals surface area contributed by atoms with Gasteiger partial charge in [-0.05, 0) is 29.8 Å². The molecule has 1 atom stereocenters. The summed E-state index contributed by atoms with van der Waals surface area (Å²) in [6, 6.07) is 8.90. The average Bonchev–Trinajstić information content (AvgIpc) is 2.89. The van der Waals surface area contributed by atoms with E-state index in [0.717, 1.165) is 5.56 Å². The number of nitrogens with two attached hydrogens (primary N) is 1. The number of rotatable bonds is 4. The molecule has 1 aliphatic rings. The number of hydrogen-bond donors (Lipinski definition) is 2. The van der Waals surface area contributed by atoms with E-state index < -0.39 is 0 Å². The number of nitrogens with one attached hydrogen (secondary N) is 1. The van der Waals surface area contributed by atoms with Gasteiger partial charge in [0.15, 0.2) is 0 Å². The molecular weight excluding hydrogens is 311 g/mol. The first-order valence-corrected chi connectivity index (χ1v) is 7.56. The molecule has 1 aromatic heterocycles. The van der Waals surface area contributed by atoms with Crippen molar-refractivity contribution < 1.29 is 14.0 Å². The number of amides is 2. The standard InChI is InChI=1S/C17H17FN4O2/c18-13-4-1-11(2-5-13)9-22-10-14(7-16(22)23)21-17(24)12-3-6-15(19)20-8-12/h1-6,8,14H,7,9-10H2,(H2,19,20)(H,21,24)/t14-/m0/s1. The molecule has 2 aromatic rings. The third-order valence-electron chi connectivity index (χ3n) is 3.88. The van der Waals surface area contributed by atoms with Gasteiger partial charge < -0.3 is 16.0 Å². The molecule has 1 aliphatic heterocycles. The van der Waals surface area contributed by atoms with Crippen molar-refractivity contribution in [1.82, 2.24) is 15.2 Å². The molecule has 0 bridgehead atoms. The van der Waals surface area contributed by atoms with E-state index in [1.807, 2.05) is 0 Å². The Balaban J connectivity index is 1.59. The molecule has 2 amide bonds. The fourth-order valence-electron chi connectivity index (χ4n) is 2.64. The third kappa shape index (κ3) is 3.68. The second kappa shape index (κ2) is 6.66. The van der Waals surface area contributed by atoms with Crippen LogP contribution in [-0.2, 0) is 11.3 Å². The Morgan fingerprint density at radius 2 is 2.04 bits per heavy atom. The maximum atomic E-state index is 12.9. The smallest absolute Gasteiger partial charge is 0.253 e. The average molecular weight is 328 g/mol. The molecule has 3 N–H and O–H groups in total. The van der Waals surface area contributed by atoms with E-state index in [9.17, 15) is 14.0 Å². The van der Waals surface area contributed by atoms with Crippen molar-refractivity contribution in [3.8, 4) is 0 Å². The highest BCUT2D eigenvalue weighted by molar-refractivity contribution is 5.95. The molecule has 0 spiro atoms. The number of hydrogen-bond acceptors (Lipinski definition) is 4. The number of likely N-dealkylation sites (tertiary alicyclic amines) is 1. The minimum atomic E-state index is -0.311. The van der Waals surface area contributed by atoms with E-state index >= 15 is 0 Å². The van der Waals surface area contributed by atoms with Crippen LogP contribution < -0.4 is 11.1 Å². The van der Waals surface area contributed by atoms with Gasteiger partial charge >= 0.3 is 0 Å². The molecule has 24 heavy (non-hydrogen) atoms. The van der Waals surface area contributed by atoms with Crippen molar-refractivity contribution in [3.05, 3.63) is 59.5 Å². The molecule has 7 heteroatoms. The van der Waals surface area contributed by atoms with Gasteiger partial charge in [0.2, 0.25) is 5.91 Å². The number of pyridine rings is 1. The van der Waals surface area contributed by atoms with Crippen molar-refractivity contribution in [3.63, 3.8) is 0 Å². The predicted octanol–water partition coefficient (Wildman–Crippen LogP) is 1.33. The third-order valence-corrected chi connectivity index (χ3v) is 3.88. The zero-order chi connectivity index (χ0) is 17.1. The molecule has 124 valence electrons. The van der Waals surface area contributed by atoms with Crippen LogP contribution in [0.3, 0.4) is 0 Å². The first-order valence-electron chi connectivity index (χ1n) is 7.56. The van der Waals surface area contributed by atoms with Crippen LogP contribution in [0.2, 0.25) is 0 Å². The van der Waals surface area contributed by atoms with Gasteiger partial charge in [-0.25, -0.2) is 9.37 Å². The first kappa shape index (κ1) is 15.9. The van der Waals surface area contributed by atoms with E-state index in [1.54, 1.807) is 29.2 Å². The van der Waals surface area contributed by atoms with Crippen molar-refractivity contribution in [2.24, 2.45) is 0 Å². The Bertz CT molecular complexity index is 746. The maximum absolute atomic E-state index is 12.9. The van der Waals surface area contributed by atoms with Gasteiger partial charge in [0.1, 0.15) is 11.6 Å². The number of nitrogens with zero attached hydrogens (tertiary/aromatic N) is 2. The SMILES string of the molecule is Nc1ccc(C(=O)N[C@H]2CC(=O)N(Cc3ccc(F)cc3)C2)cn1. The summed E-state index contributed by atoms with van der Waals surface area (Å²) in [7, 11) is 0. The highest BCUT2D eigenvalue weighted by Crippen LogP contribution is 2.16. The molecule has 1 aromatic carbocycles. The molecule has 6 nitrogen and oxygen atoms in total. The Morgan fingerprint density at radius 3 is 2.71 bits per heavy atom. The lowest BCUT2D eigenvalue weighted by Crippen LogP contribution is -2.37. The molecule has 0 radical (unpaired) electrons. The number of carbonyl (C=O) groups is 2. The van der Waals surface area contributed by atoms with Crippen molar-refractivity contribution in [2.75, 3.05) is 12.3 Å². The van der Waals surface area contributed by atoms with Crippen LogP contribution in [-0.4, -0.2) is 34.3 Å². The zero-order valence-corrected chi connectivity index (χ0v) is 12.9. The van der Waals surface area contributed by atoms with Crippen LogP contribution in [0.25, 0.3) is 0 Å². The maximum Gasteiger partial charge on any atom is 0.253 e. The van der Waals surface area contributed by atoms with Gasteiger partial charge in [0.25, 0.3) is 5.91 Å². The van der Waals surface area contributed by atoms with Gasteiger partial charge in [0.05, 0.1) is 11.6 Å². The second-order valence-corrected chi connectivity index (χ2v) is 5.75. The summed E-state index contributed by atoms with van der Waals surface area (Å²) in [6.07, 6.45) is 1.65. The lowest BCUT2D eigenvalue weighted by Gasteiger charge is -2.17. The molecule has 3 rings (SSSR count). The number of anilines is 1. The summed E-state index contributed by atoms with van der Waals surface area (Å²) in [5, 5.41) is 2.83. The van der Waals surface area contributed by atoms with Crippen LogP contribution >= 0.6 is 0 Å². The number of carbonyl (C=O) groups excluding carboxylic acids is 2. The van der Waals surface area contributed by atoms with Crippen molar-refractivity contribution in [1.29, 1.82) is 0 Å². The highest BCUT2D eigenvalue weighted by atomic mass is 19.1. The van der Waals surface area contributed by atoms with Crippen LogP contribution in [0.4, 0.5) is 10.2 Å². The number of aromatic nitrogens is 1. The molecule has 1 saturated heterocycles. The van der Waals surface area contributed by atoms with E-state index in [0.29, 0.717) is 24.5 Å². The van der Waals surface area contributed by atoms with Crippen LogP contribution in [0.15, 0.2) is 42.6 Å². The topological polar surface area (TPSA) is 88.3 Å². The molecule has 1 fully saturated rings. The second-order valence-electron chi connectivity index (χ2n) is 5.75. The first-order chi connectivity index (χ1) is 11.5. The predicted molar refractivity (Wildman–Crippen MR) is 86.3 cm³/mol. The van der Waals surface area contributed by atoms with Crippen LogP contribution in [0.5, 0.6) is 0 Å². The fourth-order valence-corrected chi connectivity index (χ4v) is 2.64. The summed E-state index contributed by atoms with van der Waals surface area (Å²) in [4.78, 5) is 29.8. The van der Waals surface area contributed by atoms with Gasteiger partial charge in [0, 0.05) is 25.7 Å². The van der Waals surface area contributed by atoms with Crippen molar-refractivity contribution >= 4 is 17.6 Å². The van der Waals surface area contributed by atoms with Crippen molar-refractivity contribution in [2.45, 2.75) is 19.0 Å². The monoisotopic (exact) mass is 328 g/mol. The zero-order valence-electron chi connectivity index (χ0n) is 12.9. The van der Waals surface area contributed by atoms with Crippen LogP contribution in [0.1, 0.15) is 22.3 Å². The Morgan fingerprint density at radius 1 is 1.29 bits per heavy atom. The Hall–Kier alpha value is -2.96. The molecule has 2 heterocycles. The van der Waals surface area contributed by atoms with E-state index in [2.05, 4.69) is 10.3 Å². The lowest BCUT2D eigenvalue weighted by molar-refractivity contribution is -0.128. The summed E-state index contributed by atoms with van der Waals surface area (Å²) in [6.45, 7) is 0.819. The van der Waals surface area contributed by atoms with Gasteiger partial charge in [-0.1, -0.05) is 12.1 Å². The van der Waals surface area contributed by atoms with Crippen LogP contribution in [0, 0.1) is 5.82 Å². The fraction of sp³-hybridized carbons (Fsp3) is 0.235. The molecule has 0 unspecified atom stereocenters. The summed E-state index contributed by atoms with van der Waals surface area (Å²) >= 11 is 0. The van der Waals surface area contributed by atoms with Gasteiger partial charge in [-0.3, -0.25) is 9.59 Å².